The number of hydrogen-bond donors (Lipinski definition) is 2. The fraction of sp³-hybridized carbons (Fsp3) is 0.308. The minimum atomic E-state index is 0.759. The molecule has 1 fully saturated rings. The van der Waals surface area contributed by atoms with Crippen molar-refractivity contribution in [2.24, 2.45) is 5.92 Å². The second-order valence-electron chi connectivity index (χ2n) is 4.34. The Balaban J connectivity index is 1.77. The van der Waals surface area contributed by atoms with Crippen molar-refractivity contribution >= 4 is 0 Å². The SMILES string of the molecule is c1ccc(-c2cnc(CC3CNC3)[nH]2)cc1. The minimum absolute atomic E-state index is 0.759. The number of nitrogens with zero attached hydrogens (tertiary/aromatic N) is 1. The normalized spacial score (nSPS) is 16.0. The van der Waals surface area contributed by atoms with Gasteiger partial charge in [0, 0.05) is 6.42 Å². The van der Waals surface area contributed by atoms with E-state index < -0.39 is 0 Å². The third-order valence-corrected chi connectivity index (χ3v) is 3.06. The van der Waals surface area contributed by atoms with Crippen LogP contribution in [0, 0.1) is 5.92 Å². The third kappa shape index (κ3) is 1.86. The Morgan fingerprint density at radius 2 is 2.00 bits per heavy atom. The van der Waals surface area contributed by atoms with Crippen molar-refractivity contribution < 1.29 is 0 Å². The smallest absolute Gasteiger partial charge is 0.106 e. The zero-order valence-electron chi connectivity index (χ0n) is 9.11. The lowest BCUT2D eigenvalue weighted by Crippen LogP contribution is -2.43. The first-order valence-corrected chi connectivity index (χ1v) is 5.72. The lowest BCUT2D eigenvalue weighted by atomic mass is 9.99. The van der Waals surface area contributed by atoms with E-state index in [1.807, 2.05) is 24.4 Å². The van der Waals surface area contributed by atoms with Crippen LogP contribution in [0.1, 0.15) is 5.82 Å². The molecule has 3 heteroatoms. The summed E-state index contributed by atoms with van der Waals surface area (Å²) in [4.78, 5) is 7.82. The second kappa shape index (κ2) is 4.10. The lowest BCUT2D eigenvalue weighted by Gasteiger charge is -2.25. The molecular weight excluding hydrogens is 198 g/mol. The third-order valence-electron chi connectivity index (χ3n) is 3.06. The van der Waals surface area contributed by atoms with E-state index in [2.05, 4.69) is 27.4 Å². The van der Waals surface area contributed by atoms with Crippen LogP contribution in [0.3, 0.4) is 0 Å². The summed E-state index contributed by atoms with van der Waals surface area (Å²) in [5, 5.41) is 3.28. The van der Waals surface area contributed by atoms with Crippen LogP contribution in [0.15, 0.2) is 36.5 Å². The van der Waals surface area contributed by atoms with Crippen molar-refractivity contribution in [2.75, 3.05) is 13.1 Å². The number of aromatic amines is 1. The Hall–Kier alpha value is -1.61. The maximum absolute atomic E-state index is 4.43. The van der Waals surface area contributed by atoms with Gasteiger partial charge in [-0.3, -0.25) is 0 Å². The van der Waals surface area contributed by atoms with Gasteiger partial charge in [0.05, 0.1) is 11.9 Å². The van der Waals surface area contributed by atoms with Gasteiger partial charge >= 0.3 is 0 Å². The van der Waals surface area contributed by atoms with Crippen molar-refractivity contribution in [2.45, 2.75) is 6.42 Å². The molecule has 1 aromatic carbocycles. The van der Waals surface area contributed by atoms with Gasteiger partial charge in [-0.2, -0.15) is 0 Å². The molecule has 0 spiro atoms. The largest absolute Gasteiger partial charge is 0.342 e. The average Bonchev–Trinajstić information content (AvgIpc) is 2.73. The van der Waals surface area contributed by atoms with E-state index >= 15 is 0 Å². The summed E-state index contributed by atoms with van der Waals surface area (Å²) >= 11 is 0. The summed E-state index contributed by atoms with van der Waals surface area (Å²) in [6.07, 6.45) is 2.98. The Labute approximate surface area is 94.9 Å². The Morgan fingerprint density at radius 1 is 1.19 bits per heavy atom. The summed E-state index contributed by atoms with van der Waals surface area (Å²) in [6.45, 7) is 2.25. The van der Waals surface area contributed by atoms with Gasteiger partial charge in [0.1, 0.15) is 5.82 Å². The average molecular weight is 213 g/mol. The van der Waals surface area contributed by atoms with Crippen LogP contribution in [0.5, 0.6) is 0 Å². The van der Waals surface area contributed by atoms with Gasteiger partial charge in [-0.1, -0.05) is 30.3 Å². The minimum Gasteiger partial charge on any atom is -0.342 e. The first kappa shape index (κ1) is 9.60. The molecule has 1 aliphatic heterocycles. The van der Waals surface area contributed by atoms with E-state index in [0.717, 1.165) is 36.9 Å². The molecule has 0 aliphatic carbocycles. The molecule has 82 valence electrons. The molecule has 0 amide bonds. The van der Waals surface area contributed by atoms with E-state index in [0.29, 0.717) is 0 Å². The number of aromatic nitrogens is 2. The number of hydrogen-bond acceptors (Lipinski definition) is 2. The molecule has 0 radical (unpaired) electrons. The molecule has 0 atom stereocenters. The Bertz CT molecular complexity index is 457. The summed E-state index contributed by atoms with van der Waals surface area (Å²) in [5.41, 5.74) is 2.32. The van der Waals surface area contributed by atoms with Crippen LogP contribution >= 0.6 is 0 Å². The van der Waals surface area contributed by atoms with Crippen molar-refractivity contribution in [1.29, 1.82) is 0 Å². The van der Waals surface area contributed by atoms with Gasteiger partial charge in [0.25, 0.3) is 0 Å². The van der Waals surface area contributed by atoms with Crippen molar-refractivity contribution in [3.05, 3.63) is 42.4 Å². The van der Waals surface area contributed by atoms with Crippen LogP contribution in [0.4, 0.5) is 0 Å². The Morgan fingerprint density at radius 3 is 2.69 bits per heavy atom. The second-order valence-corrected chi connectivity index (χ2v) is 4.34. The molecule has 3 rings (SSSR count). The highest BCUT2D eigenvalue weighted by atomic mass is 15.0. The zero-order valence-corrected chi connectivity index (χ0v) is 9.11. The maximum atomic E-state index is 4.43. The fourth-order valence-electron chi connectivity index (χ4n) is 2.00. The first-order valence-electron chi connectivity index (χ1n) is 5.72. The molecule has 2 N–H and O–H groups in total. The van der Waals surface area contributed by atoms with Gasteiger partial charge in [0.2, 0.25) is 0 Å². The lowest BCUT2D eigenvalue weighted by molar-refractivity contribution is 0.342. The zero-order chi connectivity index (χ0) is 10.8. The Kier molecular flexibility index (Phi) is 2.46. The molecule has 1 aromatic heterocycles. The molecule has 3 nitrogen and oxygen atoms in total. The molecule has 0 saturated carbocycles. The fourth-order valence-corrected chi connectivity index (χ4v) is 2.00. The summed E-state index contributed by atoms with van der Waals surface area (Å²) in [6, 6.07) is 10.3. The molecule has 1 saturated heterocycles. The maximum Gasteiger partial charge on any atom is 0.106 e. The molecule has 0 bridgehead atoms. The summed E-state index contributed by atoms with van der Waals surface area (Å²) in [5.74, 6) is 1.86. The van der Waals surface area contributed by atoms with Crippen molar-refractivity contribution in [3.8, 4) is 11.3 Å². The topological polar surface area (TPSA) is 40.7 Å². The van der Waals surface area contributed by atoms with E-state index in [4.69, 9.17) is 0 Å². The quantitative estimate of drug-likeness (QED) is 0.816. The van der Waals surface area contributed by atoms with E-state index in [-0.39, 0.29) is 0 Å². The number of imidazole rings is 1. The molecule has 2 heterocycles. The van der Waals surface area contributed by atoms with Crippen LogP contribution < -0.4 is 5.32 Å². The predicted octanol–water partition coefficient (Wildman–Crippen LogP) is 1.84. The van der Waals surface area contributed by atoms with Gasteiger partial charge in [-0.05, 0) is 24.6 Å². The van der Waals surface area contributed by atoms with Crippen molar-refractivity contribution in [1.82, 2.24) is 15.3 Å². The predicted molar refractivity (Wildman–Crippen MR) is 64.1 cm³/mol. The monoisotopic (exact) mass is 213 g/mol. The summed E-state index contributed by atoms with van der Waals surface area (Å²) in [7, 11) is 0. The molecular formula is C13H15N3. The molecule has 16 heavy (non-hydrogen) atoms. The van der Waals surface area contributed by atoms with Gasteiger partial charge < -0.3 is 10.3 Å². The highest BCUT2D eigenvalue weighted by Gasteiger charge is 2.18. The van der Waals surface area contributed by atoms with E-state index in [1.54, 1.807) is 0 Å². The number of H-pyrrole nitrogens is 1. The first-order chi connectivity index (χ1) is 7.92. The van der Waals surface area contributed by atoms with Crippen LogP contribution in [0.25, 0.3) is 11.3 Å². The summed E-state index contributed by atoms with van der Waals surface area (Å²) < 4.78 is 0. The van der Waals surface area contributed by atoms with Gasteiger partial charge in [-0.25, -0.2) is 4.98 Å². The standard InChI is InChI=1S/C13H15N3/c1-2-4-11(5-3-1)12-9-15-13(16-12)6-10-7-14-8-10/h1-5,9-10,14H,6-8H2,(H,15,16). The van der Waals surface area contributed by atoms with Gasteiger partial charge in [0.15, 0.2) is 0 Å². The molecule has 0 unspecified atom stereocenters. The van der Waals surface area contributed by atoms with Gasteiger partial charge in [-0.15, -0.1) is 0 Å². The van der Waals surface area contributed by atoms with Crippen LogP contribution in [-0.4, -0.2) is 23.1 Å². The number of nitrogens with one attached hydrogen (secondary N) is 2. The van der Waals surface area contributed by atoms with Crippen LogP contribution in [0.2, 0.25) is 0 Å². The van der Waals surface area contributed by atoms with E-state index in [1.165, 1.54) is 5.56 Å². The highest BCUT2D eigenvalue weighted by Crippen LogP contribution is 2.18. The molecule has 2 aromatic rings. The molecule has 1 aliphatic rings. The number of benzene rings is 1. The number of rotatable bonds is 3. The van der Waals surface area contributed by atoms with Crippen LogP contribution in [-0.2, 0) is 6.42 Å². The highest BCUT2D eigenvalue weighted by molar-refractivity contribution is 5.57. The van der Waals surface area contributed by atoms with E-state index in [9.17, 15) is 0 Å². The van der Waals surface area contributed by atoms with Crippen molar-refractivity contribution in [3.63, 3.8) is 0 Å².